The molecule has 1 heterocycles. The van der Waals surface area contributed by atoms with Crippen LogP contribution in [-0.4, -0.2) is 28.6 Å². The summed E-state index contributed by atoms with van der Waals surface area (Å²) in [4.78, 5) is 14.2. The first-order valence-electron chi connectivity index (χ1n) is 6.58. The molecule has 2 aromatic rings. The van der Waals surface area contributed by atoms with Crippen LogP contribution in [0.5, 0.6) is 6.01 Å². The summed E-state index contributed by atoms with van der Waals surface area (Å²) in [5.74, 6) is 0.459. The van der Waals surface area contributed by atoms with Crippen LogP contribution in [0.3, 0.4) is 0 Å². The third kappa shape index (κ3) is 4.72. The molecule has 0 N–H and O–H groups in total. The number of benzene rings is 1. The van der Waals surface area contributed by atoms with Gasteiger partial charge in [-0.25, -0.2) is 0 Å². The van der Waals surface area contributed by atoms with Gasteiger partial charge in [0.2, 0.25) is 11.2 Å². The lowest BCUT2D eigenvalue weighted by molar-refractivity contribution is 0.291. The van der Waals surface area contributed by atoms with Crippen molar-refractivity contribution in [2.75, 3.05) is 18.6 Å². The van der Waals surface area contributed by atoms with Crippen LogP contribution < -0.4 is 9.64 Å². The molecule has 112 valence electrons. The van der Waals surface area contributed by atoms with E-state index in [1.165, 1.54) is 0 Å². The maximum absolute atomic E-state index is 5.98. The van der Waals surface area contributed by atoms with Crippen LogP contribution in [0.4, 0.5) is 5.95 Å². The van der Waals surface area contributed by atoms with Gasteiger partial charge in [-0.05, 0) is 35.7 Å². The second-order valence-electron chi connectivity index (χ2n) is 4.52. The van der Waals surface area contributed by atoms with Crippen LogP contribution in [-0.2, 0) is 6.54 Å². The fourth-order valence-electron chi connectivity index (χ4n) is 1.73. The predicted octanol–water partition coefficient (Wildman–Crippen LogP) is 3.60. The molecule has 1 aromatic heterocycles. The Bertz CT molecular complexity index is 609. The van der Waals surface area contributed by atoms with Gasteiger partial charge in [-0.1, -0.05) is 30.7 Å². The van der Waals surface area contributed by atoms with Gasteiger partial charge in [0, 0.05) is 18.6 Å². The lowest BCUT2D eigenvalue weighted by atomic mass is 10.2. The molecule has 1 aromatic carbocycles. The Morgan fingerprint density at radius 1 is 1.19 bits per heavy atom. The monoisotopic (exact) mass is 326 g/mol. The summed E-state index contributed by atoms with van der Waals surface area (Å²) in [6.07, 6.45) is 0.872. The molecule has 0 fully saturated rings. The highest BCUT2D eigenvalue weighted by molar-refractivity contribution is 6.30. The number of hydrogen-bond donors (Lipinski definition) is 0. The molecular formula is C14H16Cl2N4O. The topological polar surface area (TPSA) is 51.1 Å². The smallest absolute Gasteiger partial charge is 0.322 e. The van der Waals surface area contributed by atoms with Crippen molar-refractivity contribution in [2.24, 2.45) is 0 Å². The van der Waals surface area contributed by atoms with E-state index < -0.39 is 0 Å². The van der Waals surface area contributed by atoms with E-state index >= 15 is 0 Å². The van der Waals surface area contributed by atoms with E-state index in [9.17, 15) is 0 Å². The lowest BCUT2D eigenvalue weighted by Gasteiger charge is -2.17. The molecular weight excluding hydrogens is 311 g/mol. The molecule has 7 heteroatoms. The molecule has 0 amide bonds. The summed E-state index contributed by atoms with van der Waals surface area (Å²) in [5, 5.41) is 0.811. The van der Waals surface area contributed by atoms with Gasteiger partial charge in [0.05, 0.1) is 6.61 Å². The van der Waals surface area contributed by atoms with E-state index in [1.54, 1.807) is 0 Å². The van der Waals surface area contributed by atoms with E-state index in [4.69, 9.17) is 27.9 Å². The van der Waals surface area contributed by atoms with Gasteiger partial charge in [0.15, 0.2) is 0 Å². The number of nitrogens with zero attached hydrogens (tertiary/aromatic N) is 4. The second kappa shape index (κ2) is 7.43. The highest BCUT2D eigenvalue weighted by atomic mass is 35.5. The zero-order valence-electron chi connectivity index (χ0n) is 11.9. The van der Waals surface area contributed by atoms with Gasteiger partial charge in [-0.15, -0.1) is 0 Å². The Hall–Kier alpha value is -1.59. The SMILES string of the molecule is CCCOc1nc(Cl)nc(N(C)Cc2cccc(Cl)c2)n1. The zero-order valence-corrected chi connectivity index (χ0v) is 13.4. The normalized spacial score (nSPS) is 10.5. The molecule has 5 nitrogen and oxygen atoms in total. The number of aromatic nitrogens is 3. The molecule has 0 aliphatic carbocycles. The number of rotatable bonds is 6. The molecule has 21 heavy (non-hydrogen) atoms. The minimum Gasteiger partial charge on any atom is -0.463 e. The summed E-state index contributed by atoms with van der Waals surface area (Å²) < 4.78 is 5.40. The van der Waals surface area contributed by atoms with E-state index in [-0.39, 0.29) is 11.3 Å². The Balaban J connectivity index is 2.14. The van der Waals surface area contributed by atoms with Crippen molar-refractivity contribution < 1.29 is 4.74 Å². The third-order valence-electron chi connectivity index (χ3n) is 2.66. The van der Waals surface area contributed by atoms with E-state index in [0.29, 0.717) is 24.1 Å². The van der Waals surface area contributed by atoms with Crippen LogP contribution in [0.2, 0.25) is 10.3 Å². The molecule has 0 spiro atoms. The quantitative estimate of drug-likeness (QED) is 0.811. The summed E-state index contributed by atoms with van der Waals surface area (Å²) >= 11 is 11.9. The van der Waals surface area contributed by atoms with Gasteiger partial charge in [0.25, 0.3) is 0 Å². The van der Waals surface area contributed by atoms with Crippen LogP contribution in [0.25, 0.3) is 0 Å². The Morgan fingerprint density at radius 2 is 2.00 bits per heavy atom. The molecule has 0 saturated carbocycles. The first kappa shape index (κ1) is 15.8. The maximum Gasteiger partial charge on any atom is 0.322 e. The van der Waals surface area contributed by atoms with Crippen molar-refractivity contribution in [3.8, 4) is 6.01 Å². The summed E-state index contributed by atoms with van der Waals surface area (Å²) in [7, 11) is 1.87. The molecule has 2 rings (SSSR count). The van der Waals surface area contributed by atoms with Crippen LogP contribution >= 0.6 is 23.2 Å². The van der Waals surface area contributed by atoms with Crippen molar-refractivity contribution in [2.45, 2.75) is 19.9 Å². The molecule has 0 radical (unpaired) electrons. The Labute approximate surface area is 133 Å². The van der Waals surface area contributed by atoms with Crippen molar-refractivity contribution in [1.29, 1.82) is 0 Å². The molecule has 0 aliphatic rings. The maximum atomic E-state index is 5.98. The first-order valence-corrected chi connectivity index (χ1v) is 7.34. The number of anilines is 1. The summed E-state index contributed by atoms with van der Waals surface area (Å²) in [6, 6.07) is 7.86. The first-order chi connectivity index (χ1) is 10.1. The molecule has 0 unspecified atom stereocenters. The van der Waals surface area contributed by atoms with Crippen molar-refractivity contribution >= 4 is 29.2 Å². The predicted molar refractivity (Wildman–Crippen MR) is 84.2 cm³/mol. The van der Waals surface area contributed by atoms with Crippen molar-refractivity contribution in [3.63, 3.8) is 0 Å². The second-order valence-corrected chi connectivity index (χ2v) is 5.30. The third-order valence-corrected chi connectivity index (χ3v) is 3.07. The fraction of sp³-hybridized carbons (Fsp3) is 0.357. The van der Waals surface area contributed by atoms with Crippen LogP contribution in [0.1, 0.15) is 18.9 Å². The molecule has 0 atom stereocenters. The van der Waals surface area contributed by atoms with E-state index in [1.807, 2.05) is 43.1 Å². The van der Waals surface area contributed by atoms with E-state index in [2.05, 4.69) is 15.0 Å². The molecule has 0 aliphatic heterocycles. The standard InChI is InChI=1S/C14H16Cl2N4O/c1-3-7-21-14-18-12(16)17-13(19-14)20(2)9-10-5-4-6-11(15)8-10/h4-6,8H,3,7,9H2,1-2H3. The fourth-order valence-corrected chi connectivity index (χ4v) is 2.09. The van der Waals surface area contributed by atoms with E-state index in [0.717, 1.165) is 12.0 Å². The molecule has 0 bridgehead atoms. The number of ether oxygens (including phenoxy) is 1. The van der Waals surface area contributed by atoms with Crippen molar-refractivity contribution in [1.82, 2.24) is 15.0 Å². The van der Waals surface area contributed by atoms with Gasteiger partial charge in [-0.3, -0.25) is 0 Å². The largest absolute Gasteiger partial charge is 0.463 e. The number of hydrogen-bond acceptors (Lipinski definition) is 5. The van der Waals surface area contributed by atoms with Crippen LogP contribution in [0, 0.1) is 0 Å². The van der Waals surface area contributed by atoms with Crippen LogP contribution in [0.15, 0.2) is 24.3 Å². The van der Waals surface area contributed by atoms with Crippen molar-refractivity contribution in [3.05, 3.63) is 40.1 Å². The van der Waals surface area contributed by atoms with Gasteiger partial charge in [-0.2, -0.15) is 15.0 Å². The Morgan fingerprint density at radius 3 is 2.71 bits per heavy atom. The van der Waals surface area contributed by atoms with Gasteiger partial charge >= 0.3 is 6.01 Å². The highest BCUT2D eigenvalue weighted by Gasteiger charge is 2.11. The minimum atomic E-state index is 0.115. The van der Waals surface area contributed by atoms with Gasteiger partial charge < -0.3 is 9.64 Å². The minimum absolute atomic E-state index is 0.115. The lowest BCUT2D eigenvalue weighted by Crippen LogP contribution is -2.20. The highest BCUT2D eigenvalue weighted by Crippen LogP contribution is 2.18. The number of halogens is 2. The zero-order chi connectivity index (χ0) is 15.2. The average molecular weight is 327 g/mol. The van der Waals surface area contributed by atoms with Gasteiger partial charge in [0.1, 0.15) is 0 Å². The Kier molecular flexibility index (Phi) is 5.59. The molecule has 0 saturated heterocycles. The summed E-state index contributed by atoms with van der Waals surface area (Å²) in [6.45, 7) is 3.15. The summed E-state index contributed by atoms with van der Waals surface area (Å²) in [5.41, 5.74) is 1.05. The average Bonchev–Trinajstić information content (AvgIpc) is 2.44.